The number of amides is 2. The molecule has 4 rings (SSSR count). The number of nitrogens with zero attached hydrogens (tertiary/aromatic N) is 2. The molecule has 0 radical (unpaired) electrons. The van der Waals surface area contributed by atoms with E-state index in [-0.39, 0.29) is 41.5 Å². The summed E-state index contributed by atoms with van der Waals surface area (Å²) in [6.45, 7) is 5.61. The highest BCUT2D eigenvalue weighted by atomic mass is 35.5. The molecule has 3 aromatic carbocycles. The zero-order valence-corrected chi connectivity index (χ0v) is 22.2. The fourth-order valence-electron chi connectivity index (χ4n) is 4.07. The minimum absolute atomic E-state index is 0.0846. The van der Waals surface area contributed by atoms with Crippen LogP contribution in [0.5, 0.6) is 0 Å². The molecule has 1 aromatic heterocycles. The molecule has 0 saturated heterocycles. The Bertz CT molecular complexity index is 1620. The van der Waals surface area contributed by atoms with Crippen LogP contribution in [0, 0.1) is 6.92 Å². The zero-order chi connectivity index (χ0) is 27.4. The van der Waals surface area contributed by atoms with Crippen LogP contribution in [0.15, 0.2) is 76.3 Å². The van der Waals surface area contributed by atoms with E-state index >= 15 is 0 Å². The first-order chi connectivity index (χ1) is 18.2. The van der Waals surface area contributed by atoms with Gasteiger partial charge in [-0.15, -0.1) is 0 Å². The highest BCUT2D eigenvalue weighted by molar-refractivity contribution is 6.31. The number of aryl methyl sites for hydroxylation is 1. The third-order valence-corrected chi connectivity index (χ3v) is 6.79. The lowest BCUT2D eigenvalue weighted by atomic mass is 10.1. The Morgan fingerprint density at radius 3 is 2.39 bits per heavy atom. The summed E-state index contributed by atoms with van der Waals surface area (Å²) < 4.78 is 2.29. The average molecular weight is 533 g/mol. The quantitative estimate of drug-likeness (QED) is 0.358. The van der Waals surface area contributed by atoms with Gasteiger partial charge in [0.1, 0.15) is 6.54 Å². The van der Waals surface area contributed by atoms with E-state index in [2.05, 4.69) is 10.6 Å². The van der Waals surface area contributed by atoms with Gasteiger partial charge in [-0.25, -0.2) is 9.36 Å². The van der Waals surface area contributed by atoms with Gasteiger partial charge in [-0.3, -0.25) is 19.0 Å². The van der Waals surface area contributed by atoms with Crippen molar-refractivity contribution < 1.29 is 9.59 Å². The van der Waals surface area contributed by atoms with Gasteiger partial charge in [-0.2, -0.15) is 0 Å². The largest absolute Gasteiger partial charge is 0.352 e. The van der Waals surface area contributed by atoms with E-state index in [0.29, 0.717) is 10.7 Å². The molecule has 1 atom stereocenters. The molecule has 0 spiro atoms. The van der Waals surface area contributed by atoms with Crippen molar-refractivity contribution in [3.8, 4) is 5.69 Å². The van der Waals surface area contributed by atoms with Crippen LogP contribution < -0.4 is 21.9 Å². The van der Waals surface area contributed by atoms with Crippen molar-refractivity contribution in [2.24, 2.45) is 0 Å². The third-order valence-electron chi connectivity index (χ3n) is 6.42. The molecule has 0 aliphatic heterocycles. The zero-order valence-electron chi connectivity index (χ0n) is 21.5. The summed E-state index contributed by atoms with van der Waals surface area (Å²) in [6.07, 6.45) is 0.722. The Labute approximate surface area is 224 Å². The Kier molecular flexibility index (Phi) is 8.12. The summed E-state index contributed by atoms with van der Waals surface area (Å²) >= 11 is 6.19. The smallest absolute Gasteiger partial charge is 0.336 e. The summed E-state index contributed by atoms with van der Waals surface area (Å²) in [7, 11) is 0. The number of nitrogens with one attached hydrogen (secondary N) is 2. The molecule has 9 heteroatoms. The number of aromatic nitrogens is 2. The minimum Gasteiger partial charge on any atom is -0.352 e. The summed E-state index contributed by atoms with van der Waals surface area (Å²) in [5, 5.41) is 6.41. The Hall–Kier alpha value is -4.17. The highest BCUT2D eigenvalue weighted by Crippen LogP contribution is 2.16. The van der Waals surface area contributed by atoms with Crippen molar-refractivity contribution in [2.75, 3.05) is 0 Å². The molecule has 38 heavy (non-hydrogen) atoms. The van der Waals surface area contributed by atoms with Crippen molar-refractivity contribution in [3.05, 3.63) is 109 Å². The van der Waals surface area contributed by atoms with E-state index in [4.69, 9.17) is 11.6 Å². The number of fused-ring (bicyclic) bond motifs is 1. The summed E-state index contributed by atoms with van der Waals surface area (Å²) in [6, 6.07) is 18.6. The highest BCUT2D eigenvalue weighted by Gasteiger charge is 2.19. The van der Waals surface area contributed by atoms with Crippen LogP contribution in [0.2, 0.25) is 5.02 Å². The number of benzene rings is 3. The summed E-state index contributed by atoms with van der Waals surface area (Å²) in [4.78, 5) is 52.9. The van der Waals surface area contributed by atoms with Crippen LogP contribution in [0.4, 0.5) is 0 Å². The first-order valence-corrected chi connectivity index (χ1v) is 12.7. The van der Waals surface area contributed by atoms with Gasteiger partial charge in [0.25, 0.3) is 11.5 Å². The minimum atomic E-state index is -0.667. The topological polar surface area (TPSA) is 102 Å². The lowest BCUT2D eigenvalue weighted by Gasteiger charge is -2.17. The maximum atomic E-state index is 13.6. The van der Waals surface area contributed by atoms with E-state index < -0.39 is 17.2 Å². The number of hydrogen-bond acceptors (Lipinski definition) is 4. The van der Waals surface area contributed by atoms with Crippen molar-refractivity contribution in [2.45, 2.75) is 46.3 Å². The second-order valence-corrected chi connectivity index (χ2v) is 9.63. The molecule has 0 unspecified atom stereocenters. The Balaban J connectivity index is 1.80. The van der Waals surface area contributed by atoms with Crippen molar-refractivity contribution >= 4 is 34.3 Å². The SMILES string of the molecule is CC[C@@H](C)NC(=O)Cn1c(=O)n(-c2ccc(C)cc2)c(=O)c2ccc(C(=O)NCc3ccccc3Cl)cc21. The molecule has 8 nitrogen and oxygen atoms in total. The maximum absolute atomic E-state index is 13.6. The number of carbonyl (C=O) groups is 2. The van der Waals surface area contributed by atoms with Crippen LogP contribution >= 0.6 is 11.6 Å². The Morgan fingerprint density at radius 2 is 1.71 bits per heavy atom. The van der Waals surface area contributed by atoms with Crippen LogP contribution in [-0.2, 0) is 17.9 Å². The number of halogens is 1. The molecule has 0 aliphatic carbocycles. The van der Waals surface area contributed by atoms with Crippen LogP contribution in [-0.4, -0.2) is 27.0 Å². The molecule has 0 saturated carbocycles. The lowest BCUT2D eigenvalue weighted by Crippen LogP contribution is -2.43. The standard InChI is InChI=1S/C29H29ClN4O4/c1-4-19(3)32-26(35)17-33-25-15-20(27(36)31-16-21-7-5-6-8-24(21)30)11-14-23(25)28(37)34(29(33)38)22-12-9-18(2)10-13-22/h5-15,19H,4,16-17H2,1-3H3,(H,31,36)(H,32,35)/t19-/m1/s1. The van der Waals surface area contributed by atoms with Crippen LogP contribution in [0.3, 0.4) is 0 Å². The molecule has 196 valence electrons. The predicted molar refractivity (Wildman–Crippen MR) is 149 cm³/mol. The maximum Gasteiger partial charge on any atom is 0.336 e. The van der Waals surface area contributed by atoms with E-state index in [1.165, 1.54) is 22.8 Å². The third kappa shape index (κ3) is 5.70. The van der Waals surface area contributed by atoms with Crippen molar-refractivity contribution in [1.82, 2.24) is 19.8 Å². The average Bonchev–Trinajstić information content (AvgIpc) is 2.91. The normalized spacial score (nSPS) is 11.8. The summed E-state index contributed by atoms with van der Waals surface area (Å²) in [5.41, 5.74) is 1.37. The van der Waals surface area contributed by atoms with Gasteiger partial charge in [0, 0.05) is 23.2 Å². The molecule has 0 bridgehead atoms. The van der Waals surface area contributed by atoms with Gasteiger partial charge >= 0.3 is 5.69 Å². The fraction of sp³-hybridized carbons (Fsp3) is 0.241. The fourth-order valence-corrected chi connectivity index (χ4v) is 4.27. The predicted octanol–water partition coefficient (Wildman–Crippen LogP) is 3.96. The number of hydrogen-bond donors (Lipinski definition) is 2. The van der Waals surface area contributed by atoms with Gasteiger partial charge in [-0.05, 0) is 62.2 Å². The van der Waals surface area contributed by atoms with Gasteiger partial charge in [0.15, 0.2) is 0 Å². The van der Waals surface area contributed by atoms with Crippen LogP contribution in [0.25, 0.3) is 16.6 Å². The molecule has 0 fully saturated rings. The van der Waals surface area contributed by atoms with Gasteiger partial charge in [0.05, 0.1) is 16.6 Å². The van der Waals surface area contributed by atoms with E-state index in [1.807, 2.05) is 32.9 Å². The molecular formula is C29H29ClN4O4. The van der Waals surface area contributed by atoms with E-state index in [9.17, 15) is 19.2 Å². The lowest BCUT2D eigenvalue weighted by molar-refractivity contribution is -0.122. The number of rotatable bonds is 8. The molecule has 1 heterocycles. The second kappa shape index (κ2) is 11.5. The summed E-state index contributed by atoms with van der Waals surface area (Å²) in [5.74, 6) is -0.775. The second-order valence-electron chi connectivity index (χ2n) is 9.23. The van der Waals surface area contributed by atoms with E-state index in [0.717, 1.165) is 22.1 Å². The first-order valence-electron chi connectivity index (χ1n) is 12.4. The van der Waals surface area contributed by atoms with E-state index in [1.54, 1.807) is 36.4 Å². The van der Waals surface area contributed by atoms with Gasteiger partial charge < -0.3 is 10.6 Å². The molecule has 0 aliphatic rings. The molecule has 2 N–H and O–H groups in total. The van der Waals surface area contributed by atoms with Crippen molar-refractivity contribution in [3.63, 3.8) is 0 Å². The molecule has 2 amide bonds. The first kappa shape index (κ1) is 26.9. The number of carbonyl (C=O) groups excluding carboxylic acids is 2. The monoisotopic (exact) mass is 532 g/mol. The van der Waals surface area contributed by atoms with Crippen LogP contribution in [0.1, 0.15) is 41.8 Å². The Morgan fingerprint density at radius 1 is 1.00 bits per heavy atom. The van der Waals surface area contributed by atoms with Gasteiger partial charge in [-0.1, -0.05) is 54.4 Å². The van der Waals surface area contributed by atoms with Gasteiger partial charge in [0.2, 0.25) is 5.91 Å². The van der Waals surface area contributed by atoms with Crippen molar-refractivity contribution in [1.29, 1.82) is 0 Å². The molecule has 4 aromatic rings. The molecular weight excluding hydrogens is 504 g/mol.